The van der Waals surface area contributed by atoms with Crippen molar-refractivity contribution < 1.29 is 19.1 Å². The van der Waals surface area contributed by atoms with Gasteiger partial charge < -0.3 is 4.74 Å². The quantitative estimate of drug-likeness (QED) is 0.553. The molecule has 2 fully saturated rings. The van der Waals surface area contributed by atoms with Crippen LogP contribution in [0.5, 0.6) is 0 Å². The molecule has 6 heteroatoms. The zero-order valence-electron chi connectivity index (χ0n) is 11.2. The van der Waals surface area contributed by atoms with Gasteiger partial charge in [-0.1, -0.05) is 13.3 Å². The Balaban J connectivity index is 1.78. The van der Waals surface area contributed by atoms with Gasteiger partial charge in [0, 0.05) is 19.8 Å². The fourth-order valence-electron chi connectivity index (χ4n) is 2.17. The second-order valence-corrected chi connectivity index (χ2v) is 5.12. The number of rotatable bonds is 7. The van der Waals surface area contributed by atoms with Gasteiger partial charge in [0.2, 0.25) is 11.8 Å². The number of imide groups is 2. The van der Waals surface area contributed by atoms with Gasteiger partial charge in [0.1, 0.15) is 5.41 Å². The molecule has 1 saturated heterocycles. The van der Waals surface area contributed by atoms with Crippen LogP contribution < -0.4 is 5.32 Å². The Morgan fingerprint density at radius 3 is 2.53 bits per heavy atom. The smallest absolute Gasteiger partial charge is 0.330 e. The molecular formula is C13H20N2O4. The molecule has 1 aliphatic carbocycles. The summed E-state index contributed by atoms with van der Waals surface area (Å²) in [5.41, 5.74) is -0.934. The number of carbonyl (C=O) groups is 3. The van der Waals surface area contributed by atoms with E-state index in [-0.39, 0.29) is 5.91 Å². The zero-order valence-corrected chi connectivity index (χ0v) is 11.2. The second kappa shape index (κ2) is 5.69. The molecule has 2 aliphatic rings. The van der Waals surface area contributed by atoms with Gasteiger partial charge in [-0.2, -0.15) is 0 Å². The number of unbranched alkanes of at least 4 members (excludes halogenated alkanes) is 1. The SMILES string of the molecule is CCCCOCCCN1C(=O)NC(=O)C2(CC2)C1=O. The van der Waals surface area contributed by atoms with Gasteiger partial charge >= 0.3 is 6.03 Å². The number of ether oxygens (including phenoxy) is 1. The van der Waals surface area contributed by atoms with Crippen molar-refractivity contribution in [3.63, 3.8) is 0 Å². The van der Waals surface area contributed by atoms with Crippen LogP contribution in [0.3, 0.4) is 0 Å². The van der Waals surface area contributed by atoms with E-state index >= 15 is 0 Å². The number of carbonyl (C=O) groups excluding carboxylic acids is 3. The number of hydrogen-bond donors (Lipinski definition) is 1. The first-order chi connectivity index (χ1) is 9.12. The molecule has 0 unspecified atom stereocenters. The van der Waals surface area contributed by atoms with Gasteiger partial charge in [-0.05, 0) is 25.7 Å². The van der Waals surface area contributed by atoms with Crippen molar-refractivity contribution in [2.24, 2.45) is 5.41 Å². The van der Waals surface area contributed by atoms with Crippen LogP contribution in [-0.2, 0) is 14.3 Å². The summed E-state index contributed by atoms with van der Waals surface area (Å²) in [5, 5.41) is 2.26. The highest BCUT2D eigenvalue weighted by Gasteiger charge is 2.61. The molecule has 4 amide bonds. The molecule has 106 valence electrons. The van der Waals surface area contributed by atoms with Crippen LogP contribution in [0.2, 0.25) is 0 Å². The van der Waals surface area contributed by atoms with E-state index < -0.39 is 17.4 Å². The molecule has 6 nitrogen and oxygen atoms in total. The van der Waals surface area contributed by atoms with Crippen molar-refractivity contribution in [3.05, 3.63) is 0 Å². The predicted molar refractivity (Wildman–Crippen MR) is 67.3 cm³/mol. The molecule has 0 radical (unpaired) electrons. The van der Waals surface area contributed by atoms with Crippen LogP contribution in [0.4, 0.5) is 4.79 Å². The molecule has 0 aromatic heterocycles. The largest absolute Gasteiger partial charge is 0.381 e. The Kier molecular flexibility index (Phi) is 4.19. The van der Waals surface area contributed by atoms with Gasteiger partial charge in [-0.15, -0.1) is 0 Å². The van der Waals surface area contributed by atoms with Gasteiger partial charge in [-0.3, -0.25) is 19.8 Å². The topological polar surface area (TPSA) is 75.7 Å². The van der Waals surface area contributed by atoms with Crippen molar-refractivity contribution in [1.29, 1.82) is 0 Å². The van der Waals surface area contributed by atoms with Gasteiger partial charge in [0.15, 0.2) is 0 Å². The third-order valence-electron chi connectivity index (χ3n) is 3.62. The first-order valence-electron chi connectivity index (χ1n) is 6.87. The van der Waals surface area contributed by atoms with Gasteiger partial charge in [-0.25, -0.2) is 4.79 Å². The number of hydrogen-bond acceptors (Lipinski definition) is 4. The number of urea groups is 1. The number of nitrogens with one attached hydrogen (secondary N) is 1. The van der Waals surface area contributed by atoms with E-state index in [4.69, 9.17) is 4.74 Å². The summed E-state index contributed by atoms with van der Waals surface area (Å²) in [7, 11) is 0. The molecule has 0 aromatic carbocycles. The first-order valence-corrected chi connectivity index (χ1v) is 6.87. The monoisotopic (exact) mass is 268 g/mol. The summed E-state index contributed by atoms with van der Waals surface area (Å²) in [5.74, 6) is -0.771. The fourth-order valence-corrected chi connectivity index (χ4v) is 2.17. The lowest BCUT2D eigenvalue weighted by atomic mass is 10.0. The van der Waals surface area contributed by atoms with E-state index in [1.807, 2.05) is 0 Å². The highest BCUT2D eigenvalue weighted by Crippen LogP contribution is 2.48. The van der Waals surface area contributed by atoms with Crippen LogP contribution in [0.1, 0.15) is 39.0 Å². The van der Waals surface area contributed by atoms with E-state index in [0.717, 1.165) is 17.7 Å². The van der Waals surface area contributed by atoms with Crippen molar-refractivity contribution >= 4 is 17.8 Å². The van der Waals surface area contributed by atoms with Gasteiger partial charge in [0.05, 0.1) is 0 Å². The average Bonchev–Trinajstić information content (AvgIpc) is 3.17. The second-order valence-electron chi connectivity index (χ2n) is 5.12. The van der Waals surface area contributed by atoms with Crippen molar-refractivity contribution in [2.45, 2.75) is 39.0 Å². The number of amides is 4. The van der Waals surface area contributed by atoms with E-state index in [1.54, 1.807) is 0 Å². The molecule has 19 heavy (non-hydrogen) atoms. The van der Waals surface area contributed by atoms with Crippen molar-refractivity contribution in [3.8, 4) is 0 Å². The van der Waals surface area contributed by atoms with Crippen LogP contribution >= 0.6 is 0 Å². The van der Waals surface area contributed by atoms with Crippen LogP contribution in [0, 0.1) is 5.41 Å². The summed E-state index contributed by atoms with van der Waals surface area (Å²) in [6.45, 7) is 3.63. The van der Waals surface area contributed by atoms with Crippen LogP contribution in [-0.4, -0.2) is 42.5 Å². The minimum absolute atomic E-state index is 0.311. The third kappa shape index (κ3) is 2.78. The molecule has 0 atom stereocenters. The molecule has 0 aromatic rings. The van der Waals surface area contributed by atoms with Crippen LogP contribution in [0.25, 0.3) is 0 Å². The molecule has 1 N–H and O–H groups in total. The third-order valence-corrected chi connectivity index (χ3v) is 3.62. The maximum atomic E-state index is 12.1. The van der Waals surface area contributed by atoms with E-state index in [2.05, 4.69) is 12.2 Å². The Hall–Kier alpha value is -1.43. The Labute approximate surface area is 112 Å². The Bertz CT molecular complexity index is 390. The maximum Gasteiger partial charge on any atom is 0.330 e. The highest BCUT2D eigenvalue weighted by atomic mass is 16.5. The fraction of sp³-hybridized carbons (Fsp3) is 0.769. The average molecular weight is 268 g/mol. The molecule has 2 rings (SSSR count). The van der Waals surface area contributed by atoms with Crippen molar-refractivity contribution in [2.75, 3.05) is 19.8 Å². The zero-order chi connectivity index (χ0) is 13.9. The summed E-state index contributed by atoms with van der Waals surface area (Å²) >= 11 is 0. The molecular weight excluding hydrogens is 248 g/mol. The minimum Gasteiger partial charge on any atom is -0.381 e. The normalized spacial score (nSPS) is 20.9. The summed E-state index contributed by atoms with van der Waals surface area (Å²) < 4.78 is 5.39. The lowest BCUT2D eigenvalue weighted by molar-refractivity contribution is -0.144. The summed E-state index contributed by atoms with van der Waals surface area (Å²) in [6, 6.07) is -0.596. The summed E-state index contributed by atoms with van der Waals surface area (Å²) in [6.07, 6.45) is 3.80. The number of barbiturate groups is 1. The first kappa shape index (κ1) is 14.0. The number of nitrogens with zero attached hydrogens (tertiary/aromatic N) is 1. The van der Waals surface area contributed by atoms with Crippen molar-refractivity contribution in [1.82, 2.24) is 10.2 Å². The summed E-state index contributed by atoms with van der Waals surface area (Å²) in [4.78, 5) is 36.5. The van der Waals surface area contributed by atoms with E-state index in [0.29, 0.717) is 39.0 Å². The lowest BCUT2D eigenvalue weighted by Gasteiger charge is -2.30. The Morgan fingerprint density at radius 1 is 1.21 bits per heavy atom. The molecule has 1 saturated carbocycles. The van der Waals surface area contributed by atoms with E-state index in [1.165, 1.54) is 0 Å². The molecule has 1 spiro atoms. The molecule has 1 aliphatic heterocycles. The predicted octanol–water partition coefficient (Wildman–Crippen LogP) is 1.05. The van der Waals surface area contributed by atoms with E-state index in [9.17, 15) is 14.4 Å². The lowest BCUT2D eigenvalue weighted by Crippen LogP contribution is -2.59. The Morgan fingerprint density at radius 2 is 1.89 bits per heavy atom. The molecule has 0 bridgehead atoms. The maximum absolute atomic E-state index is 12.1. The standard InChI is InChI=1S/C13H20N2O4/c1-2-3-8-19-9-4-7-15-11(17)13(5-6-13)10(16)14-12(15)18/h2-9H2,1H3,(H,14,16,18). The van der Waals surface area contributed by atoms with Gasteiger partial charge in [0.25, 0.3) is 0 Å². The molecule has 1 heterocycles. The highest BCUT2D eigenvalue weighted by molar-refractivity contribution is 6.20. The van der Waals surface area contributed by atoms with Crippen LogP contribution in [0.15, 0.2) is 0 Å². The minimum atomic E-state index is -0.934.